The topological polar surface area (TPSA) is 70.7 Å². The Labute approximate surface area is 195 Å². The minimum absolute atomic E-state index is 0.0512. The van der Waals surface area contributed by atoms with Crippen LogP contribution in [0.15, 0.2) is 0 Å². The lowest BCUT2D eigenvalue weighted by Gasteiger charge is -2.45. The molecule has 3 aliphatic rings. The van der Waals surface area contributed by atoms with E-state index in [0.29, 0.717) is 25.0 Å². The molecule has 184 valence electrons. The molecule has 0 aromatic heterocycles. The summed E-state index contributed by atoms with van der Waals surface area (Å²) in [6, 6.07) is 0.187. The maximum Gasteiger partial charge on any atom is 0.242 e. The fourth-order valence-electron chi connectivity index (χ4n) is 5.86. The highest BCUT2D eigenvalue weighted by Gasteiger charge is 2.43. The molecular formula is C26H47N3O3. The molecule has 0 aromatic rings. The summed E-state index contributed by atoms with van der Waals surface area (Å²) in [6.07, 6.45) is 13.3. The first-order valence-electron chi connectivity index (χ1n) is 13.3. The van der Waals surface area contributed by atoms with E-state index >= 15 is 0 Å². The number of rotatable bonds is 3. The van der Waals surface area contributed by atoms with Gasteiger partial charge in [-0.3, -0.25) is 9.59 Å². The van der Waals surface area contributed by atoms with Gasteiger partial charge in [-0.15, -0.1) is 0 Å². The number of likely N-dealkylation sites (tertiary alicyclic amines) is 1. The number of nitrogens with zero attached hydrogens (tertiary/aromatic N) is 1. The van der Waals surface area contributed by atoms with Gasteiger partial charge in [-0.05, 0) is 70.9 Å². The minimum atomic E-state index is -0.471. The number of carbonyl (C=O) groups is 2. The Morgan fingerprint density at radius 3 is 2.34 bits per heavy atom. The second kappa shape index (κ2) is 12.4. The molecule has 6 heteroatoms. The van der Waals surface area contributed by atoms with Crippen LogP contribution in [0.5, 0.6) is 0 Å². The van der Waals surface area contributed by atoms with Crippen molar-refractivity contribution in [3.63, 3.8) is 0 Å². The SMILES string of the molecule is CC(C)C[C@@H]1NC(=O)C2(CCCCCOC[C@@H](C)NC1=O)CCN(C1CCCCC1)CC2. The summed E-state index contributed by atoms with van der Waals surface area (Å²) >= 11 is 0. The first-order valence-corrected chi connectivity index (χ1v) is 13.3. The second-order valence-electron chi connectivity index (χ2n) is 11.1. The van der Waals surface area contributed by atoms with Gasteiger partial charge in [-0.1, -0.05) is 46.0 Å². The summed E-state index contributed by atoms with van der Waals surface area (Å²) in [7, 11) is 0. The van der Waals surface area contributed by atoms with E-state index in [2.05, 4.69) is 29.4 Å². The molecule has 32 heavy (non-hydrogen) atoms. The lowest BCUT2D eigenvalue weighted by atomic mass is 9.72. The van der Waals surface area contributed by atoms with Crippen LogP contribution >= 0.6 is 0 Å². The molecule has 6 nitrogen and oxygen atoms in total. The molecule has 3 fully saturated rings. The Kier molecular flexibility index (Phi) is 9.84. The Morgan fingerprint density at radius 1 is 0.969 bits per heavy atom. The lowest BCUT2D eigenvalue weighted by molar-refractivity contribution is -0.139. The van der Waals surface area contributed by atoms with Crippen LogP contribution in [-0.4, -0.2) is 61.1 Å². The first-order chi connectivity index (χ1) is 15.4. The molecule has 0 radical (unpaired) electrons. The van der Waals surface area contributed by atoms with E-state index in [0.717, 1.165) is 58.2 Å². The highest BCUT2D eigenvalue weighted by molar-refractivity contribution is 5.90. The molecule has 1 saturated carbocycles. The van der Waals surface area contributed by atoms with Crippen molar-refractivity contribution in [2.45, 2.75) is 116 Å². The zero-order valence-electron chi connectivity index (χ0n) is 20.8. The molecule has 2 heterocycles. The monoisotopic (exact) mass is 449 g/mol. The average molecular weight is 450 g/mol. The van der Waals surface area contributed by atoms with Gasteiger partial charge < -0.3 is 20.3 Å². The van der Waals surface area contributed by atoms with Crippen molar-refractivity contribution in [1.29, 1.82) is 0 Å². The molecule has 2 aliphatic heterocycles. The summed E-state index contributed by atoms with van der Waals surface area (Å²) in [5.41, 5.74) is -0.336. The largest absolute Gasteiger partial charge is 0.379 e. The molecule has 2 amide bonds. The molecule has 2 N–H and O–H groups in total. The predicted molar refractivity (Wildman–Crippen MR) is 128 cm³/mol. The maximum atomic E-state index is 13.7. The zero-order chi connectivity index (χ0) is 23.0. The van der Waals surface area contributed by atoms with Crippen LogP contribution in [0.25, 0.3) is 0 Å². The van der Waals surface area contributed by atoms with Gasteiger partial charge in [0.2, 0.25) is 11.8 Å². The summed E-state index contributed by atoms with van der Waals surface area (Å²) in [6.45, 7) is 9.46. The van der Waals surface area contributed by atoms with Crippen molar-refractivity contribution in [3.05, 3.63) is 0 Å². The molecular weight excluding hydrogens is 402 g/mol. The van der Waals surface area contributed by atoms with Crippen molar-refractivity contribution in [3.8, 4) is 0 Å². The summed E-state index contributed by atoms with van der Waals surface area (Å²) < 4.78 is 5.79. The Hall–Kier alpha value is -1.14. The number of hydrogen-bond acceptors (Lipinski definition) is 4. The van der Waals surface area contributed by atoms with Gasteiger partial charge >= 0.3 is 0 Å². The number of ether oxygens (including phenoxy) is 1. The van der Waals surface area contributed by atoms with Gasteiger partial charge in [0.05, 0.1) is 12.0 Å². The predicted octanol–water partition coefficient (Wildman–Crippen LogP) is 4.03. The number of piperidine rings is 1. The Morgan fingerprint density at radius 2 is 1.66 bits per heavy atom. The van der Waals surface area contributed by atoms with Crippen molar-refractivity contribution in [2.75, 3.05) is 26.3 Å². The molecule has 1 spiro atoms. The van der Waals surface area contributed by atoms with Crippen molar-refractivity contribution in [2.24, 2.45) is 11.3 Å². The average Bonchev–Trinajstić information content (AvgIpc) is 2.78. The third-order valence-corrected chi connectivity index (χ3v) is 7.86. The highest BCUT2D eigenvalue weighted by atomic mass is 16.5. The number of hydrogen-bond donors (Lipinski definition) is 2. The normalized spacial score (nSPS) is 30.0. The number of amides is 2. The summed E-state index contributed by atoms with van der Waals surface area (Å²) in [4.78, 5) is 29.4. The highest BCUT2D eigenvalue weighted by Crippen LogP contribution is 2.39. The molecule has 2 atom stereocenters. The second-order valence-corrected chi connectivity index (χ2v) is 11.1. The van der Waals surface area contributed by atoms with Gasteiger partial charge in [0, 0.05) is 18.7 Å². The summed E-state index contributed by atoms with van der Waals surface area (Å²) in [5, 5.41) is 6.28. The van der Waals surface area contributed by atoms with Crippen LogP contribution in [0, 0.1) is 11.3 Å². The smallest absolute Gasteiger partial charge is 0.242 e. The first kappa shape index (κ1) is 25.5. The molecule has 0 bridgehead atoms. The third-order valence-electron chi connectivity index (χ3n) is 7.86. The minimum Gasteiger partial charge on any atom is -0.379 e. The lowest BCUT2D eigenvalue weighted by Crippen LogP contribution is -2.56. The van der Waals surface area contributed by atoms with E-state index in [1.54, 1.807) is 0 Å². The number of nitrogens with one attached hydrogen (secondary N) is 2. The third kappa shape index (κ3) is 7.18. The molecule has 2 saturated heterocycles. The van der Waals surface area contributed by atoms with Crippen LogP contribution < -0.4 is 10.6 Å². The van der Waals surface area contributed by atoms with Crippen LogP contribution in [0.2, 0.25) is 0 Å². The molecule has 3 rings (SSSR count). The van der Waals surface area contributed by atoms with Crippen molar-refractivity contribution >= 4 is 11.8 Å². The molecule has 1 aliphatic carbocycles. The van der Waals surface area contributed by atoms with Gasteiger partial charge in [0.1, 0.15) is 6.04 Å². The van der Waals surface area contributed by atoms with Crippen LogP contribution in [0.4, 0.5) is 0 Å². The fraction of sp³-hybridized carbons (Fsp3) is 0.923. The van der Waals surface area contributed by atoms with Crippen LogP contribution in [0.3, 0.4) is 0 Å². The van der Waals surface area contributed by atoms with E-state index in [4.69, 9.17) is 4.74 Å². The maximum absolute atomic E-state index is 13.7. The van der Waals surface area contributed by atoms with Crippen molar-refractivity contribution < 1.29 is 14.3 Å². The van der Waals surface area contributed by atoms with E-state index in [9.17, 15) is 9.59 Å². The van der Waals surface area contributed by atoms with Gasteiger partial charge in [-0.2, -0.15) is 0 Å². The Bertz CT molecular complexity index is 595. The quantitative estimate of drug-likeness (QED) is 0.682. The van der Waals surface area contributed by atoms with Crippen molar-refractivity contribution in [1.82, 2.24) is 15.5 Å². The van der Waals surface area contributed by atoms with Gasteiger partial charge in [0.15, 0.2) is 0 Å². The van der Waals surface area contributed by atoms with E-state index in [1.165, 1.54) is 32.1 Å². The van der Waals surface area contributed by atoms with Gasteiger partial charge in [0.25, 0.3) is 0 Å². The zero-order valence-corrected chi connectivity index (χ0v) is 20.8. The fourth-order valence-corrected chi connectivity index (χ4v) is 5.86. The number of carbonyl (C=O) groups excluding carboxylic acids is 2. The van der Waals surface area contributed by atoms with E-state index < -0.39 is 6.04 Å². The van der Waals surface area contributed by atoms with E-state index in [-0.39, 0.29) is 23.3 Å². The van der Waals surface area contributed by atoms with Crippen LogP contribution in [0.1, 0.15) is 97.8 Å². The van der Waals surface area contributed by atoms with E-state index in [1.807, 2.05) is 6.92 Å². The van der Waals surface area contributed by atoms with Crippen LogP contribution in [-0.2, 0) is 14.3 Å². The molecule has 0 aromatic carbocycles. The Balaban J connectivity index is 1.71. The standard InChI is InChI=1S/C26H47N3O3/c1-20(2)18-23-24(30)27-21(3)19-32-17-9-5-8-12-26(25(31)28-23)13-15-29(16-14-26)22-10-6-4-7-11-22/h20-23H,4-19H2,1-3H3,(H,27,30)(H,28,31)/t21-,23+/m1/s1. The van der Waals surface area contributed by atoms with Gasteiger partial charge in [-0.25, -0.2) is 0 Å². The molecule has 0 unspecified atom stereocenters. The summed E-state index contributed by atoms with van der Waals surface area (Å²) in [5.74, 6) is 0.373.